The lowest BCUT2D eigenvalue weighted by molar-refractivity contribution is 1.34. The second-order valence-corrected chi connectivity index (χ2v) is 4.46. The molecule has 1 heterocycles. The fourth-order valence-electron chi connectivity index (χ4n) is 2.11. The molecule has 3 rings (SSSR count). The number of rotatable bonds is 1. The summed E-state index contributed by atoms with van der Waals surface area (Å²) in [4.78, 5) is 4.39. The van der Waals surface area contributed by atoms with Crippen molar-refractivity contribution in [1.82, 2.24) is 4.98 Å². The summed E-state index contributed by atoms with van der Waals surface area (Å²) in [6.07, 6.45) is 0. The van der Waals surface area contributed by atoms with E-state index in [1.807, 2.05) is 58.9 Å². The van der Waals surface area contributed by atoms with Gasteiger partial charge < -0.3 is 5.73 Å². The van der Waals surface area contributed by atoms with E-state index in [4.69, 9.17) is 5.73 Å². The van der Waals surface area contributed by atoms with E-state index in [-0.39, 0.29) is 0 Å². The molecule has 2 N–H and O–H groups in total. The van der Waals surface area contributed by atoms with Crippen LogP contribution in [0.3, 0.4) is 0 Å². The standard InChI is InChI=1S/C16H14N2.2C2H6/c1-11-9-14-10-13(12-5-3-2-4-6-12)7-8-15(14)18-16(11)17;2*1-2/h2-10H,1H3,(H2,17,18);2*1-2H3. The summed E-state index contributed by atoms with van der Waals surface area (Å²) in [6, 6.07) is 18.7. The van der Waals surface area contributed by atoms with Crippen LogP contribution in [0.5, 0.6) is 0 Å². The highest BCUT2D eigenvalue weighted by Crippen LogP contribution is 2.25. The lowest BCUT2D eigenvalue weighted by Gasteiger charge is -2.06. The molecular formula is C20H26N2. The first-order chi connectivity index (χ1) is 10.7. The van der Waals surface area contributed by atoms with Gasteiger partial charge in [-0.15, -0.1) is 0 Å². The summed E-state index contributed by atoms with van der Waals surface area (Å²) in [7, 11) is 0. The molecule has 0 aliphatic heterocycles. The van der Waals surface area contributed by atoms with E-state index in [1.165, 1.54) is 11.1 Å². The van der Waals surface area contributed by atoms with Gasteiger partial charge in [0.1, 0.15) is 5.82 Å². The first kappa shape index (κ1) is 17.7. The number of hydrogen-bond acceptors (Lipinski definition) is 2. The Bertz CT molecular complexity index is 703. The molecule has 0 saturated heterocycles. The van der Waals surface area contributed by atoms with Crippen molar-refractivity contribution in [1.29, 1.82) is 0 Å². The topological polar surface area (TPSA) is 38.9 Å². The van der Waals surface area contributed by atoms with Crippen molar-refractivity contribution in [2.75, 3.05) is 5.73 Å². The van der Waals surface area contributed by atoms with Crippen LogP contribution in [0.2, 0.25) is 0 Å². The van der Waals surface area contributed by atoms with Crippen LogP contribution in [0, 0.1) is 6.92 Å². The molecule has 2 nitrogen and oxygen atoms in total. The first-order valence-electron chi connectivity index (χ1n) is 7.96. The number of anilines is 1. The van der Waals surface area contributed by atoms with Gasteiger partial charge in [-0.05, 0) is 41.8 Å². The van der Waals surface area contributed by atoms with Gasteiger partial charge in [-0.3, -0.25) is 0 Å². The molecule has 1 aromatic heterocycles. The maximum atomic E-state index is 5.82. The van der Waals surface area contributed by atoms with Gasteiger partial charge in [0.15, 0.2) is 0 Å². The zero-order chi connectivity index (χ0) is 16.5. The second-order valence-electron chi connectivity index (χ2n) is 4.46. The van der Waals surface area contributed by atoms with Crippen molar-refractivity contribution in [2.24, 2.45) is 0 Å². The van der Waals surface area contributed by atoms with Crippen molar-refractivity contribution in [3.8, 4) is 11.1 Å². The van der Waals surface area contributed by atoms with Crippen LogP contribution < -0.4 is 5.73 Å². The predicted molar refractivity (Wildman–Crippen MR) is 99.0 cm³/mol. The molecule has 0 aliphatic carbocycles. The van der Waals surface area contributed by atoms with E-state index in [1.54, 1.807) is 0 Å². The Morgan fingerprint density at radius 3 is 2.05 bits per heavy atom. The van der Waals surface area contributed by atoms with Gasteiger partial charge in [-0.2, -0.15) is 0 Å². The SMILES string of the molecule is CC.CC.Cc1cc2cc(-c3ccccc3)ccc2nc1N. The number of aryl methyl sites for hydroxylation is 1. The number of aromatic nitrogens is 1. The molecule has 0 atom stereocenters. The Morgan fingerprint density at radius 1 is 0.773 bits per heavy atom. The van der Waals surface area contributed by atoms with E-state index in [9.17, 15) is 0 Å². The molecule has 3 aromatic rings. The average Bonchev–Trinajstić information content (AvgIpc) is 2.60. The van der Waals surface area contributed by atoms with E-state index in [0.717, 1.165) is 16.5 Å². The van der Waals surface area contributed by atoms with Gasteiger partial charge in [0.25, 0.3) is 0 Å². The third kappa shape index (κ3) is 4.08. The monoisotopic (exact) mass is 294 g/mol. The molecule has 0 bridgehead atoms. The highest BCUT2D eigenvalue weighted by molar-refractivity contribution is 5.86. The Balaban J connectivity index is 0.000000561. The summed E-state index contributed by atoms with van der Waals surface area (Å²) in [5, 5.41) is 1.13. The van der Waals surface area contributed by atoms with Crippen LogP contribution in [0.15, 0.2) is 54.6 Å². The van der Waals surface area contributed by atoms with Gasteiger partial charge in [0.2, 0.25) is 0 Å². The minimum absolute atomic E-state index is 0.606. The predicted octanol–water partition coefficient (Wildman–Crippen LogP) is 5.84. The third-order valence-corrected chi connectivity index (χ3v) is 3.15. The molecule has 2 aromatic carbocycles. The van der Waals surface area contributed by atoms with Crippen LogP contribution >= 0.6 is 0 Å². The van der Waals surface area contributed by atoms with Gasteiger partial charge in [-0.1, -0.05) is 64.1 Å². The normalized spacial score (nSPS) is 9.32. The summed E-state index contributed by atoms with van der Waals surface area (Å²) >= 11 is 0. The van der Waals surface area contributed by atoms with Crippen LogP contribution in [-0.4, -0.2) is 4.98 Å². The minimum Gasteiger partial charge on any atom is -0.383 e. The number of hydrogen-bond donors (Lipinski definition) is 1. The van der Waals surface area contributed by atoms with Crippen LogP contribution in [0.25, 0.3) is 22.0 Å². The molecular weight excluding hydrogens is 268 g/mol. The van der Waals surface area contributed by atoms with Crippen LogP contribution in [-0.2, 0) is 0 Å². The zero-order valence-electron chi connectivity index (χ0n) is 14.2. The molecule has 0 unspecified atom stereocenters. The number of nitrogen functional groups attached to an aromatic ring is 1. The molecule has 0 amide bonds. The molecule has 2 heteroatoms. The summed E-state index contributed by atoms with van der Waals surface area (Å²) in [6.45, 7) is 9.98. The minimum atomic E-state index is 0.606. The van der Waals surface area contributed by atoms with Crippen molar-refractivity contribution in [3.05, 3.63) is 60.2 Å². The smallest absolute Gasteiger partial charge is 0.127 e. The Kier molecular flexibility index (Phi) is 7.11. The van der Waals surface area contributed by atoms with Gasteiger partial charge in [0.05, 0.1) is 5.52 Å². The largest absolute Gasteiger partial charge is 0.383 e. The number of nitrogens with zero attached hydrogens (tertiary/aromatic N) is 1. The third-order valence-electron chi connectivity index (χ3n) is 3.15. The lowest BCUT2D eigenvalue weighted by Crippen LogP contribution is -1.94. The maximum Gasteiger partial charge on any atom is 0.127 e. The van der Waals surface area contributed by atoms with Crippen molar-refractivity contribution >= 4 is 16.7 Å². The second kappa shape index (κ2) is 8.83. The molecule has 22 heavy (non-hydrogen) atoms. The van der Waals surface area contributed by atoms with Crippen molar-refractivity contribution in [2.45, 2.75) is 34.6 Å². The Morgan fingerprint density at radius 2 is 1.41 bits per heavy atom. The quantitative estimate of drug-likeness (QED) is 0.612. The van der Waals surface area contributed by atoms with E-state index < -0.39 is 0 Å². The van der Waals surface area contributed by atoms with Gasteiger partial charge in [-0.25, -0.2) is 4.98 Å². The van der Waals surface area contributed by atoms with Crippen LogP contribution in [0.4, 0.5) is 5.82 Å². The highest BCUT2D eigenvalue weighted by atomic mass is 14.8. The summed E-state index contributed by atoms with van der Waals surface area (Å²) < 4.78 is 0. The number of fused-ring (bicyclic) bond motifs is 1. The Hall–Kier alpha value is -2.35. The highest BCUT2D eigenvalue weighted by Gasteiger charge is 2.02. The fraction of sp³-hybridized carbons (Fsp3) is 0.250. The van der Waals surface area contributed by atoms with Crippen molar-refractivity contribution in [3.63, 3.8) is 0 Å². The van der Waals surface area contributed by atoms with E-state index in [0.29, 0.717) is 5.82 Å². The number of pyridine rings is 1. The fourth-order valence-corrected chi connectivity index (χ4v) is 2.11. The maximum absolute atomic E-state index is 5.82. The number of benzene rings is 2. The molecule has 0 radical (unpaired) electrons. The zero-order valence-corrected chi connectivity index (χ0v) is 14.2. The summed E-state index contributed by atoms with van der Waals surface area (Å²) in [5.41, 5.74) is 10.2. The van der Waals surface area contributed by atoms with Crippen LogP contribution in [0.1, 0.15) is 33.3 Å². The molecule has 116 valence electrons. The Labute approximate surface area is 134 Å². The van der Waals surface area contributed by atoms with E-state index >= 15 is 0 Å². The van der Waals surface area contributed by atoms with Gasteiger partial charge in [0, 0.05) is 5.39 Å². The molecule has 0 aliphatic rings. The average molecular weight is 294 g/mol. The first-order valence-corrected chi connectivity index (χ1v) is 7.96. The lowest BCUT2D eigenvalue weighted by atomic mass is 10.0. The summed E-state index contributed by atoms with van der Waals surface area (Å²) in [5.74, 6) is 0.606. The van der Waals surface area contributed by atoms with Crippen molar-refractivity contribution < 1.29 is 0 Å². The molecule has 0 spiro atoms. The molecule has 0 fully saturated rings. The number of nitrogens with two attached hydrogens (primary N) is 1. The van der Waals surface area contributed by atoms with E-state index in [2.05, 4.69) is 35.3 Å². The molecule has 0 saturated carbocycles. The van der Waals surface area contributed by atoms with Gasteiger partial charge >= 0.3 is 0 Å².